The summed E-state index contributed by atoms with van der Waals surface area (Å²) in [6.07, 6.45) is -0.403. The van der Waals surface area contributed by atoms with Gasteiger partial charge in [0.15, 0.2) is 11.3 Å². The van der Waals surface area contributed by atoms with Gasteiger partial charge >= 0.3 is 11.6 Å². The first-order valence-corrected chi connectivity index (χ1v) is 11.2. The molecule has 7 nitrogen and oxygen atoms in total. The van der Waals surface area contributed by atoms with E-state index in [0.29, 0.717) is 22.3 Å². The predicted octanol–water partition coefficient (Wildman–Crippen LogP) is 5.49. The smallest absolute Gasteiger partial charge is 0.349 e. The summed E-state index contributed by atoms with van der Waals surface area (Å²) < 4.78 is 29.3. The molecule has 0 atom stereocenters. The SMILES string of the molecule is COc1cccc2cc(C(=O)Nc3scc(-c4ccc(F)cc4)c3C(=O)OC(C)C)c(=O)oc12. The number of ether oxygens (including phenoxy) is 2. The summed E-state index contributed by atoms with van der Waals surface area (Å²) in [5, 5.41) is 4.99. The molecule has 174 valence electrons. The zero-order valence-electron chi connectivity index (χ0n) is 18.5. The van der Waals surface area contributed by atoms with Gasteiger partial charge in [-0.2, -0.15) is 0 Å². The average Bonchev–Trinajstić information content (AvgIpc) is 3.21. The molecule has 0 bridgehead atoms. The third-order valence-electron chi connectivity index (χ3n) is 4.91. The van der Waals surface area contributed by atoms with Crippen LogP contribution in [-0.4, -0.2) is 25.1 Å². The number of nitrogens with one attached hydrogen (secondary N) is 1. The predicted molar refractivity (Wildman–Crippen MR) is 127 cm³/mol. The van der Waals surface area contributed by atoms with E-state index in [0.717, 1.165) is 11.3 Å². The lowest BCUT2D eigenvalue weighted by Crippen LogP contribution is -2.22. The molecule has 0 fully saturated rings. The Hall–Kier alpha value is -3.98. The summed E-state index contributed by atoms with van der Waals surface area (Å²) in [6.45, 7) is 3.41. The van der Waals surface area contributed by atoms with E-state index in [1.807, 2.05) is 0 Å². The van der Waals surface area contributed by atoms with Crippen LogP contribution in [0.5, 0.6) is 5.75 Å². The molecule has 1 amide bonds. The number of hydrogen-bond acceptors (Lipinski definition) is 7. The molecule has 2 heterocycles. The number of carbonyl (C=O) groups excluding carboxylic acids is 2. The highest BCUT2D eigenvalue weighted by atomic mass is 32.1. The van der Waals surface area contributed by atoms with Crippen molar-refractivity contribution in [1.29, 1.82) is 0 Å². The van der Waals surface area contributed by atoms with Gasteiger partial charge in [-0.15, -0.1) is 11.3 Å². The Labute approximate surface area is 197 Å². The first-order valence-electron chi connectivity index (χ1n) is 10.3. The van der Waals surface area contributed by atoms with Crippen molar-refractivity contribution in [3.63, 3.8) is 0 Å². The standard InChI is InChI=1S/C25H20FNO6S/c1-13(2)32-25(30)20-18(14-7-9-16(26)10-8-14)12-34-23(20)27-22(28)17-11-15-5-4-6-19(31-3)21(15)33-24(17)29/h4-13H,1-3H3,(H,27,28). The Morgan fingerprint density at radius 1 is 1.12 bits per heavy atom. The van der Waals surface area contributed by atoms with E-state index < -0.39 is 29.4 Å². The number of hydrogen-bond donors (Lipinski definition) is 1. The number of halogens is 1. The molecular weight excluding hydrogens is 461 g/mol. The van der Waals surface area contributed by atoms with Crippen LogP contribution in [0.3, 0.4) is 0 Å². The molecule has 1 N–H and O–H groups in total. The summed E-state index contributed by atoms with van der Waals surface area (Å²) in [4.78, 5) is 38.5. The second-order valence-electron chi connectivity index (χ2n) is 7.59. The molecular formula is C25H20FNO6S. The molecule has 2 aromatic heterocycles. The van der Waals surface area contributed by atoms with Crippen LogP contribution in [0.25, 0.3) is 22.1 Å². The number of carbonyl (C=O) groups is 2. The molecule has 9 heteroatoms. The van der Waals surface area contributed by atoms with E-state index in [4.69, 9.17) is 13.9 Å². The largest absolute Gasteiger partial charge is 0.493 e. The number of anilines is 1. The van der Waals surface area contributed by atoms with Crippen LogP contribution in [-0.2, 0) is 4.74 Å². The van der Waals surface area contributed by atoms with Crippen LogP contribution in [0, 0.1) is 5.82 Å². The highest BCUT2D eigenvalue weighted by Gasteiger charge is 2.25. The third-order valence-corrected chi connectivity index (χ3v) is 5.80. The van der Waals surface area contributed by atoms with Gasteiger partial charge in [-0.05, 0) is 43.7 Å². The van der Waals surface area contributed by atoms with Crippen molar-refractivity contribution in [3.05, 3.63) is 81.3 Å². The lowest BCUT2D eigenvalue weighted by Gasteiger charge is -2.12. The first kappa shape index (κ1) is 23.2. The Kier molecular flexibility index (Phi) is 6.47. The second kappa shape index (κ2) is 9.48. The first-order chi connectivity index (χ1) is 16.3. The Balaban J connectivity index is 1.74. The molecule has 0 saturated carbocycles. The van der Waals surface area contributed by atoms with Crippen molar-refractivity contribution in [2.45, 2.75) is 20.0 Å². The van der Waals surface area contributed by atoms with E-state index in [9.17, 15) is 18.8 Å². The molecule has 34 heavy (non-hydrogen) atoms. The lowest BCUT2D eigenvalue weighted by molar-refractivity contribution is 0.0380. The van der Waals surface area contributed by atoms with E-state index in [1.165, 1.54) is 37.4 Å². The fourth-order valence-corrected chi connectivity index (χ4v) is 4.33. The van der Waals surface area contributed by atoms with Crippen LogP contribution >= 0.6 is 11.3 Å². The Bertz CT molecular complexity index is 1440. The van der Waals surface area contributed by atoms with Crippen molar-refractivity contribution in [2.24, 2.45) is 0 Å². The quantitative estimate of drug-likeness (QED) is 0.289. The van der Waals surface area contributed by atoms with Crippen LogP contribution in [0.4, 0.5) is 9.39 Å². The maximum Gasteiger partial charge on any atom is 0.349 e. The number of esters is 1. The molecule has 4 rings (SSSR count). The van der Waals surface area contributed by atoms with Crippen molar-refractivity contribution in [1.82, 2.24) is 0 Å². The summed E-state index contributed by atoms with van der Waals surface area (Å²) in [7, 11) is 1.45. The molecule has 0 aliphatic rings. The highest BCUT2D eigenvalue weighted by Crippen LogP contribution is 2.37. The van der Waals surface area contributed by atoms with Gasteiger partial charge in [-0.25, -0.2) is 14.0 Å². The second-order valence-corrected chi connectivity index (χ2v) is 8.47. The topological polar surface area (TPSA) is 94.8 Å². The summed E-state index contributed by atoms with van der Waals surface area (Å²) in [6, 6.07) is 12.0. The van der Waals surface area contributed by atoms with Gasteiger partial charge in [-0.1, -0.05) is 24.3 Å². The fraction of sp³-hybridized carbons (Fsp3) is 0.160. The van der Waals surface area contributed by atoms with Gasteiger partial charge in [0.05, 0.1) is 13.2 Å². The number of rotatable bonds is 6. The molecule has 0 spiro atoms. The van der Waals surface area contributed by atoms with E-state index in [2.05, 4.69) is 5.32 Å². The fourth-order valence-electron chi connectivity index (χ4n) is 3.37. The number of amides is 1. The molecule has 0 saturated heterocycles. The average molecular weight is 482 g/mol. The number of methoxy groups -OCH3 is 1. The van der Waals surface area contributed by atoms with Gasteiger partial charge < -0.3 is 19.2 Å². The molecule has 0 unspecified atom stereocenters. The van der Waals surface area contributed by atoms with Crippen LogP contribution in [0.1, 0.15) is 34.6 Å². The Morgan fingerprint density at radius 2 is 1.85 bits per heavy atom. The van der Waals surface area contributed by atoms with Crippen molar-refractivity contribution in [2.75, 3.05) is 12.4 Å². The van der Waals surface area contributed by atoms with Gasteiger partial charge in [0.1, 0.15) is 21.9 Å². The maximum atomic E-state index is 13.4. The lowest BCUT2D eigenvalue weighted by atomic mass is 10.0. The van der Waals surface area contributed by atoms with Crippen LogP contribution < -0.4 is 15.7 Å². The van der Waals surface area contributed by atoms with E-state index >= 15 is 0 Å². The van der Waals surface area contributed by atoms with Gasteiger partial charge in [0.25, 0.3) is 5.91 Å². The molecule has 0 aliphatic heterocycles. The summed E-state index contributed by atoms with van der Waals surface area (Å²) in [5.74, 6) is -1.45. The van der Waals surface area contributed by atoms with E-state index in [-0.39, 0.29) is 21.7 Å². The van der Waals surface area contributed by atoms with Crippen LogP contribution in [0.15, 0.2) is 63.1 Å². The zero-order chi connectivity index (χ0) is 24.4. The van der Waals surface area contributed by atoms with Crippen molar-refractivity contribution in [3.8, 4) is 16.9 Å². The monoisotopic (exact) mass is 481 g/mol. The minimum atomic E-state index is -0.851. The van der Waals surface area contributed by atoms with Gasteiger partial charge in [0.2, 0.25) is 0 Å². The minimum absolute atomic E-state index is 0.116. The molecule has 2 aromatic carbocycles. The van der Waals surface area contributed by atoms with Crippen molar-refractivity contribution >= 4 is 39.2 Å². The van der Waals surface area contributed by atoms with Crippen LogP contribution in [0.2, 0.25) is 0 Å². The number of benzene rings is 2. The number of para-hydroxylation sites is 1. The molecule has 0 radical (unpaired) electrons. The highest BCUT2D eigenvalue weighted by molar-refractivity contribution is 7.15. The normalized spacial score (nSPS) is 11.0. The Morgan fingerprint density at radius 3 is 2.53 bits per heavy atom. The summed E-state index contributed by atoms with van der Waals surface area (Å²) in [5.41, 5.74) is 0.303. The molecule has 0 aliphatic carbocycles. The van der Waals surface area contributed by atoms with Crippen molar-refractivity contribution < 1.29 is 27.9 Å². The third kappa shape index (κ3) is 4.55. The summed E-state index contributed by atoms with van der Waals surface area (Å²) >= 11 is 1.09. The molecule has 4 aromatic rings. The maximum absolute atomic E-state index is 13.4. The number of fused-ring (bicyclic) bond motifs is 1. The van der Waals surface area contributed by atoms with E-state index in [1.54, 1.807) is 37.4 Å². The zero-order valence-corrected chi connectivity index (χ0v) is 19.3. The number of thiophene rings is 1. The van der Waals surface area contributed by atoms with Gasteiger partial charge in [0, 0.05) is 16.3 Å². The van der Waals surface area contributed by atoms with Gasteiger partial charge in [-0.3, -0.25) is 4.79 Å². The minimum Gasteiger partial charge on any atom is -0.493 e.